The Bertz CT molecular complexity index is 1060. The molecule has 0 atom stereocenters. The fourth-order valence-electron chi connectivity index (χ4n) is 2.62. The number of rotatable bonds is 5. The molecule has 3 aromatic rings. The van der Waals surface area contributed by atoms with Crippen molar-refractivity contribution in [3.05, 3.63) is 86.7 Å². The predicted octanol–water partition coefficient (Wildman–Crippen LogP) is 3.81. The molecule has 0 bridgehead atoms. The number of benzene rings is 2. The van der Waals surface area contributed by atoms with Crippen LogP contribution >= 0.6 is 11.3 Å². The van der Waals surface area contributed by atoms with Gasteiger partial charge >= 0.3 is 5.97 Å². The van der Waals surface area contributed by atoms with Crippen LogP contribution in [-0.4, -0.2) is 23.1 Å². The smallest absolute Gasteiger partial charge is 0.338 e. The van der Waals surface area contributed by atoms with Gasteiger partial charge in [-0.3, -0.25) is 4.79 Å². The van der Waals surface area contributed by atoms with E-state index >= 15 is 0 Å². The van der Waals surface area contributed by atoms with E-state index in [0.717, 1.165) is 16.7 Å². The van der Waals surface area contributed by atoms with E-state index in [1.807, 2.05) is 43.0 Å². The van der Waals surface area contributed by atoms with Gasteiger partial charge in [0.25, 0.3) is 5.91 Å². The summed E-state index contributed by atoms with van der Waals surface area (Å²) in [5, 5.41) is 1.88. The van der Waals surface area contributed by atoms with Crippen molar-refractivity contribution in [3.8, 4) is 0 Å². The lowest BCUT2D eigenvalue weighted by Crippen LogP contribution is -2.20. The molecule has 1 aromatic heterocycles. The van der Waals surface area contributed by atoms with Crippen molar-refractivity contribution < 1.29 is 14.3 Å². The van der Waals surface area contributed by atoms with Gasteiger partial charge in [0.2, 0.25) is 0 Å². The number of carbonyl (C=O) groups is 2. The molecule has 28 heavy (non-hydrogen) atoms. The van der Waals surface area contributed by atoms with E-state index in [0.29, 0.717) is 16.9 Å². The van der Waals surface area contributed by atoms with Gasteiger partial charge in [0.15, 0.2) is 11.4 Å². The molecule has 0 unspecified atom stereocenters. The van der Waals surface area contributed by atoms with E-state index in [1.165, 1.54) is 16.9 Å². The Hall–Kier alpha value is -2.99. The molecule has 1 heterocycles. The van der Waals surface area contributed by atoms with E-state index in [-0.39, 0.29) is 6.61 Å². The fraction of sp³-hybridized carbons (Fsp3) is 0.227. The second-order valence-electron chi connectivity index (χ2n) is 6.68. The maximum Gasteiger partial charge on any atom is 0.338 e. The summed E-state index contributed by atoms with van der Waals surface area (Å²) < 4.78 is 7.02. The first kappa shape index (κ1) is 19.8. The van der Waals surface area contributed by atoms with Crippen LogP contribution in [-0.2, 0) is 16.1 Å². The first-order valence-electron chi connectivity index (χ1n) is 8.94. The summed E-state index contributed by atoms with van der Waals surface area (Å²) in [6.07, 6.45) is 1.89. The molecule has 0 saturated carbocycles. The second kappa shape index (κ2) is 8.80. The zero-order valence-electron chi connectivity index (χ0n) is 16.1. The third-order valence-electron chi connectivity index (χ3n) is 4.42. The van der Waals surface area contributed by atoms with Crippen molar-refractivity contribution in [2.24, 2.45) is 4.99 Å². The van der Waals surface area contributed by atoms with Gasteiger partial charge in [-0.25, -0.2) is 4.79 Å². The molecule has 0 aliphatic carbocycles. The molecule has 6 heteroatoms. The van der Waals surface area contributed by atoms with Crippen LogP contribution in [0.25, 0.3) is 0 Å². The molecule has 0 saturated heterocycles. The largest absolute Gasteiger partial charge is 0.452 e. The molecule has 0 spiro atoms. The normalized spacial score (nSPS) is 11.5. The molecule has 3 rings (SSSR count). The number of hydrogen-bond donors (Lipinski definition) is 0. The SMILES string of the molecule is Cc1ccc(Cn2ccsc2=NC(=O)COC(=O)c2ccc(C)c(C)c2)cc1. The molecule has 0 radical (unpaired) electrons. The number of nitrogens with zero attached hydrogens (tertiary/aromatic N) is 2. The van der Waals surface area contributed by atoms with Crippen LogP contribution in [0.4, 0.5) is 0 Å². The number of hydrogen-bond acceptors (Lipinski definition) is 4. The summed E-state index contributed by atoms with van der Waals surface area (Å²) in [4.78, 5) is 29.0. The number of esters is 1. The third-order valence-corrected chi connectivity index (χ3v) is 5.22. The highest BCUT2D eigenvalue weighted by Gasteiger charge is 2.11. The summed E-state index contributed by atoms with van der Waals surface area (Å²) in [5.74, 6) is -1.01. The van der Waals surface area contributed by atoms with Crippen LogP contribution in [0.5, 0.6) is 0 Å². The lowest BCUT2D eigenvalue weighted by atomic mass is 10.1. The zero-order chi connectivity index (χ0) is 20.1. The van der Waals surface area contributed by atoms with Crippen LogP contribution in [0, 0.1) is 20.8 Å². The molecular formula is C22H22N2O3S. The number of aromatic nitrogens is 1. The molecular weight excluding hydrogens is 372 g/mol. The Morgan fingerprint density at radius 3 is 2.50 bits per heavy atom. The fourth-order valence-corrected chi connectivity index (χ4v) is 3.36. The number of carbonyl (C=O) groups excluding carboxylic acids is 2. The summed E-state index contributed by atoms with van der Waals surface area (Å²) in [6.45, 7) is 6.18. The van der Waals surface area contributed by atoms with Crippen molar-refractivity contribution >= 4 is 23.2 Å². The second-order valence-corrected chi connectivity index (χ2v) is 7.55. The van der Waals surface area contributed by atoms with Gasteiger partial charge in [-0.05, 0) is 49.6 Å². The van der Waals surface area contributed by atoms with Gasteiger partial charge in [0.1, 0.15) is 0 Å². The standard InChI is InChI=1S/C22H22N2O3S/c1-15-4-7-18(8-5-15)13-24-10-11-28-22(24)23-20(25)14-27-21(26)19-9-6-16(2)17(3)12-19/h4-12H,13-14H2,1-3H3. The van der Waals surface area contributed by atoms with Crippen LogP contribution in [0.3, 0.4) is 0 Å². The minimum Gasteiger partial charge on any atom is -0.452 e. The van der Waals surface area contributed by atoms with Gasteiger partial charge in [-0.1, -0.05) is 35.9 Å². The summed E-state index contributed by atoms with van der Waals surface area (Å²) in [6, 6.07) is 13.5. The van der Waals surface area contributed by atoms with Gasteiger partial charge in [0.05, 0.1) is 5.56 Å². The Morgan fingerprint density at radius 2 is 1.79 bits per heavy atom. The predicted molar refractivity (Wildman–Crippen MR) is 109 cm³/mol. The Kier molecular flexibility index (Phi) is 6.21. The average molecular weight is 394 g/mol. The number of aryl methyl sites for hydroxylation is 3. The molecule has 144 valence electrons. The number of amides is 1. The molecule has 2 aromatic carbocycles. The Labute approximate surface area is 168 Å². The highest BCUT2D eigenvalue weighted by atomic mass is 32.1. The quantitative estimate of drug-likeness (QED) is 0.618. The van der Waals surface area contributed by atoms with E-state index in [2.05, 4.69) is 29.3 Å². The maximum absolute atomic E-state index is 12.2. The van der Waals surface area contributed by atoms with Crippen molar-refractivity contribution in [1.29, 1.82) is 0 Å². The van der Waals surface area contributed by atoms with E-state index in [1.54, 1.807) is 12.1 Å². The van der Waals surface area contributed by atoms with Crippen LogP contribution in [0.1, 0.15) is 32.6 Å². The van der Waals surface area contributed by atoms with Crippen molar-refractivity contribution in [2.75, 3.05) is 6.61 Å². The van der Waals surface area contributed by atoms with Gasteiger partial charge in [0, 0.05) is 18.1 Å². The first-order chi connectivity index (χ1) is 13.4. The van der Waals surface area contributed by atoms with E-state index < -0.39 is 11.9 Å². The minimum atomic E-state index is -0.523. The van der Waals surface area contributed by atoms with Gasteiger partial charge in [-0.2, -0.15) is 4.99 Å². The lowest BCUT2D eigenvalue weighted by molar-refractivity contribution is -0.121. The monoisotopic (exact) mass is 394 g/mol. The van der Waals surface area contributed by atoms with Crippen LogP contribution in [0.2, 0.25) is 0 Å². The minimum absolute atomic E-state index is 0.381. The summed E-state index contributed by atoms with van der Waals surface area (Å²) in [7, 11) is 0. The maximum atomic E-state index is 12.2. The van der Waals surface area contributed by atoms with E-state index in [4.69, 9.17) is 4.74 Å². The topological polar surface area (TPSA) is 60.7 Å². The van der Waals surface area contributed by atoms with Crippen LogP contribution < -0.4 is 4.80 Å². The Balaban J connectivity index is 1.65. The average Bonchev–Trinajstić information content (AvgIpc) is 3.10. The summed E-state index contributed by atoms with van der Waals surface area (Å²) >= 11 is 1.37. The number of ether oxygens (including phenoxy) is 1. The molecule has 0 aliphatic rings. The lowest BCUT2D eigenvalue weighted by Gasteiger charge is -2.05. The summed E-state index contributed by atoms with van der Waals surface area (Å²) in [5.41, 5.74) is 4.85. The Morgan fingerprint density at radius 1 is 1.04 bits per heavy atom. The highest BCUT2D eigenvalue weighted by Crippen LogP contribution is 2.11. The molecule has 1 amide bonds. The molecule has 0 aliphatic heterocycles. The number of thiazole rings is 1. The third kappa shape index (κ3) is 5.04. The van der Waals surface area contributed by atoms with Crippen molar-refractivity contribution in [1.82, 2.24) is 4.57 Å². The van der Waals surface area contributed by atoms with E-state index in [9.17, 15) is 9.59 Å². The van der Waals surface area contributed by atoms with Gasteiger partial charge < -0.3 is 9.30 Å². The van der Waals surface area contributed by atoms with Crippen molar-refractivity contribution in [2.45, 2.75) is 27.3 Å². The van der Waals surface area contributed by atoms with Gasteiger partial charge in [-0.15, -0.1) is 11.3 Å². The highest BCUT2D eigenvalue weighted by molar-refractivity contribution is 7.07. The van der Waals surface area contributed by atoms with Crippen molar-refractivity contribution in [3.63, 3.8) is 0 Å². The first-order valence-corrected chi connectivity index (χ1v) is 9.82. The molecule has 5 nitrogen and oxygen atoms in total. The van der Waals surface area contributed by atoms with Crippen LogP contribution in [0.15, 0.2) is 59.0 Å². The molecule has 0 fully saturated rings. The zero-order valence-corrected chi connectivity index (χ0v) is 17.0. The molecule has 0 N–H and O–H groups in total.